The molecule has 1 atom stereocenters. The summed E-state index contributed by atoms with van der Waals surface area (Å²) in [5, 5.41) is 3.20. The van der Waals surface area contributed by atoms with Crippen LogP contribution >= 0.6 is 0 Å². The molecule has 6 nitrogen and oxygen atoms in total. The molecule has 1 amide bonds. The number of para-hydroxylation sites is 1. The summed E-state index contributed by atoms with van der Waals surface area (Å²) in [6.07, 6.45) is 7.49. The summed E-state index contributed by atoms with van der Waals surface area (Å²) in [5.41, 5.74) is 3.59. The van der Waals surface area contributed by atoms with E-state index in [0.29, 0.717) is 6.54 Å². The van der Waals surface area contributed by atoms with Crippen molar-refractivity contribution in [3.8, 4) is 0 Å². The fraction of sp³-hybridized carbons (Fsp3) is 0.385. The Labute approximate surface area is 190 Å². The van der Waals surface area contributed by atoms with Gasteiger partial charge in [0.2, 0.25) is 5.91 Å². The third kappa shape index (κ3) is 5.37. The molecule has 32 heavy (non-hydrogen) atoms. The average molecular weight is 432 g/mol. The minimum atomic E-state index is -0.280. The molecule has 0 bridgehead atoms. The predicted octanol–water partition coefficient (Wildman–Crippen LogP) is 3.75. The fourth-order valence-electron chi connectivity index (χ4n) is 4.48. The maximum atomic E-state index is 13.0. The number of benzene rings is 2. The fourth-order valence-corrected chi connectivity index (χ4v) is 4.48. The Kier molecular flexibility index (Phi) is 7.22. The minimum absolute atomic E-state index is 0.0141. The molecule has 2 heterocycles. The van der Waals surface area contributed by atoms with Gasteiger partial charge >= 0.3 is 0 Å². The van der Waals surface area contributed by atoms with Crippen LogP contribution < -0.4 is 10.2 Å². The van der Waals surface area contributed by atoms with Crippen LogP contribution in [0.2, 0.25) is 0 Å². The Hall–Kier alpha value is -3.12. The molecule has 1 aromatic heterocycles. The van der Waals surface area contributed by atoms with E-state index < -0.39 is 0 Å². The van der Waals surface area contributed by atoms with E-state index in [-0.39, 0.29) is 11.9 Å². The van der Waals surface area contributed by atoms with Gasteiger partial charge in [-0.1, -0.05) is 48.5 Å². The van der Waals surface area contributed by atoms with Gasteiger partial charge in [-0.15, -0.1) is 0 Å². The van der Waals surface area contributed by atoms with Crippen LogP contribution in [-0.2, 0) is 18.4 Å². The summed E-state index contributed by atoms with van der Waals surface area (Å²) in [4.78, 5) is 22.1. The first-order valence-corrected chi connectivity index (χ1v) is 11.4. The maximum absolute atomic E-state index is 13.0. The zero-order valence-electron chi connectivity index (χ0n) is 19.1. The molecule has 1 fully saturated rings. The van der Waals surface area contributed by atoms with E-state index >= 15 is 0 Å². The number of likely N-dealkylation sites (N-methyl/N-ethyl adjacent to an activating group) is 1. The normalized spacial score (nSPS) is 15.0. The number of piperidine rings is 1. The van der Waals surface area contributed by atoms with Crippen molar-refractivity contribution in [2.24, 2.45) is 7.05 Å². The molecule has 1 unspecified atom stereocenters. The number of aryl methyl sites for hydroxylation is 1. The lowest BCUT2D eigenvalue weighted by Gasteiger charge is -2.31. The SMILES string of the molecule is CN(CC(=O)NC(c1ccccc1)c1nccn1C)Cc1ccccc1N1CCCCC1. The molecule has 0 spiro atoms. The van der Waals surface area contributed by atoms with Gasteiger partial charge in [0.15, 0.2) is 0 Å². The van der Waals surface area contributed by atoms with E-state index in [9.17, 15) is 4.79 Å². The van der Waals surface area contributed by atoms with E-state index in [1.807, 2.05) is 55.2 Å². The molecule has 0 radical (unpaired) electrons. The number of hydrogen-bond acceptors (Lipinski definition) is 4. The van der Waals surface area contributed by atoms with Crippen LogP contribution in [0.5, 0.6) is 0 Å². The first-order chi connectivity index (χ1) is 15.6. The van der Waals surface area contributed by atoms with Crippen molar-refractivity contribution >= 4 is 11.6 Å². The van der Waals surface area contributed by atoms with Crippen molar-refractivity contribution in [3.05, 3.63) is 83.9 Å². The Morgan fingerprint density at radius 2 is 1.78 bits per heavy atom. The highest BCUT2D eigenvalue weighted by Crippen LogP contribution is 2.25. The van der Waals surface area contributed by atoms with Crippen molar-refractivity contribution in [1.29, 1.82) is 0 Å². The number of nitrogens with one attached hydrogen (secondary N) is 1. The Balaban J connectivity index is 1.43. The first kappa shape index (κ1) is 22.1. The molecular weight excluding hydrogens is 398 g/mol. The van der Waals surface area contributed by atoms with Crippen molar-refractivity contribution in [1.82, 2.24) is 19.8 Å². The highest BCUT2D eigenvalue weighted by atomic mass is 16.2. The Bertz CT molecular complexity index is 1010. The first-order valence-electron chi connectivity index (χ1n) is 11.4. The predicted molar refractivity (Wildman–Crippen MR) is 128 cm³/mol. The molecule has 6 heteroatoms. The lowest BCUT2D eigenvalue weighted by molar-refractivity contribution is -0.122. The quantitative estimate of drug-likeness (QED) is 0.590. The van der Waals surface area contributed by atoms with Crippen LogP contribution in [0.3, 0.4) is 0 Å². The Morgan fingerprint density at radius 1 is 1.06 bits per heavy atom. The van der Waals surface area contributed by atoms with Crippen LogP contribution in [0.4, 0.5) is 5.69 Å². The van der Waals surface area contributed by atoms with Crippen LogP contribution in [0.25, 0.3) is 0 Å². The summed E-state index contributed by atoms with van der Waals surface area (Å²) in [6, 6.07) is 18.3. The maximum Gasteiger partial charge on any atom is 0.235 e. The molecule has 0 aliphatic carbocycles. The molecule has 4 rings (SSSR count). The van der Waals surface area contributed by atoms with Gasteiger partial charge in [0, 0.05) is 44.8 Å². The van der Waals surface area contributed by atoms with E-state index in [0.717, 1.165) is 31.0 Å². The van der Waals surface area contributed by atoms with Crippen LogP contribution in [0.1, 0.15) is 42.3 Å². The highest BCUT2D eigenvalue weighted by Gasteiger charge is 2.22. The number of carbonyl (C=O) groups is 1. The third-order valence-corrected chi connectivity index (χ3v) is 6.10. The van der Waals surface area contributed by atoms with Crippen molar-refractivity contribution in [3.63, 3.8) is 0 Å². The third-order valence-electron chi connectivity index (χ3n) is 6.10. The van der Waals surface area contributed by atoms with Gasteiger partial charge in [0.1, 0.15) is 11.9 Å². The van der Waals surface area contributed by atoms with E-state index in [1.54, 1.807) is 6.20 Å². The van der Waals surface area contributed by atoms with Gasteiger partial charge in [-0.2, -0.15) is 0 Å². The smallest absolute Gasteiger partial charge is 0.235 e. The van der Waals surface area contributed by atoms with Crippen molar-refractivity contribution in [2.45, 2.75) is 31.8 Å². The van der Waals surface area contributed by atoms with Gasteiger partial charge in [-0.25, -0.2) is 4.98 Å². The number of carbonyl (C=O) groups excluding carboxylic acids is 1. The van der Waals surface area contributed by atoms with Crippen LogP contribution in [0.15, 0.2) is 67.0 Å². The van der Waals surface area contributed by atoms with Crippen molar-refractivity contribution in [2.75, 3.05) is 31.6 Å². The molecule has 168 valence electrons. The largest absolute Gasteiger partial charge is 0.371 e. The number of anilines is 1. The summed E-state index contributed by atoms with van der Waals surface area (Å²) in [7, 11) is 3.96. The lowest BCUT2D eigenvalue weighted by atomic mass is 10.1. The number of imidazole rings is 1. The average Bonchev–Trinajstić information content (AvgIpc) is 3.24. The number of aromatic nitrogens is 2. The molecular formula is C26H33N5O. The van der Waals surface area contributed by atoms with Gasteiger partial charge in [0.05, 0.1) is 6.54 Å². The second kappa shape index (κ2) is 10.5. The topological polar surface area (TPSA) is 53.4 Å². The zero-order valence-corrected chi connectivity index (χ0v) is 19.1. The van der Waals surface area contributed by atoms with Crippen LogP contribution in [-0.4, -0.2) is 47.0 Å². The van der Waals surface area contributed by atoms with E-state index in [2.05, 4.69) is 44.4 Å². The summed E-state index contributed by atoms with van der Waals surface area (Å²) >= 11 is 0. The number of nitrogens with zero attached hydrogens (tertiary/aromatic N) is 4. The van der Waals surface area contributed by atoms with Gasteiger partial charge in [-0.05, 0) is 43.5 Å². The van der Waals surface area contributed by atoms with Gasteiger partial charge < -0.3 is 14.8 Å². The monoisotopic (exact) mass is 431 g/mol. The van der Waals surface area contributed by atoms with Gasteiger partial charge in [-0.3, -0.25) is 9.69 Å². The van der Waals surface area contributed by atoms with Crippen molar-refractivity contribution < 1.29 is 4.79 Å². The lowest BCUT2D eigenvalue weighted by Crippen LogP contribution is -2.38. The molecule has 0 saturated carbocycles. The molecule has 1 aliphatic heterocycles. The molecule has 1 aliphatic rings. The standard InChI is InChI=1S/C26H33N5O/c1-29(19-22-13-7-8-14-23(22)31-16-9-4-10-17-31)20-24(32)28-25(21-11-5-3-6-12-21)26-27-15-18-30(26)2/h3,5-8,11-15,18,25H,4,9-10,16-17,19-20H2,1-2H3,(H,28,32). The molecule has 1 saturated heterocycles. The van der Waals surface area contributed by atoms with E-state index in [1.165, 1.54) is 30.5 Å². The number of hydrogen-bond donors (Lipinski definition) is 1. The summed E-state index contributed by atoms with van der Waals surface area (Å²) in [5.74, 6) is 0.808. The molecule has 1 N–H and O–H groups in total. The summed E-state index contributed by atoms with van der Waals surface area (Å²) in [6.45, 7) is 3.29. The van der Waals surface area contributed by atoms with Crippen LogP contribution in [0, 0.1) is 0 Å². The molecule has 3 aromatic rings. The number of rotatable bonds is 8. The minimum Gasteiger partial charge on any atom is -0.371 e. The summed E-state index contributed by atoms with van der Waals surface area (Å²) < 4.78 is 1.95. The zero-order chi connectivity index (χ0) is 22.3. The second-order valence-electron chi connectivity index (χ2n) is 8.66. The second-order valence-corrected chi connectivity index (χ2v) is 8.66. The van der Waals surface area contributed by atoms with Gasteiger partial charge in [0.25, 0.3) is 0 Å². The Morgan fingerprint density at radius 3 is 2.50 bits per heavy atom. The number of amides is 1. The highest BCUT2D eigenvalue weighted by molar-refractivity contribution is 5.79. The molecule has 2 aromatic carbocycles. The van der Waals surface area contributed by atoms with E-state index in [4.69, 9.17) is 0 Å².